The predicted octanol–water partition coefficient (Wildman–Crippen LogP) is -0.199. The van der Waals surface area contributed by atoms with Crippen molar-refractivity contribution < 1.29 is 4.79 Å². The number of rotatable bonds is 4. The van der Waals surface area contributed by atoms with Crippen LogP contribution in [0.3, 0.4) is 0 Å². The van der Waals surface area contributed by atoms with Crippen molar-refractivity contribution >= 4 is 33.5 Å². The largest absolute Gasteiger partial charge is 0.332 e. The van der Waals surface area contributed by atoms with Gasteiger partial charge in [0.1, 0.15) is 11.6 Å². The topological polar surface area (TPSA) is 117 Å². The summed E-state index contributed by atoms with van der Waals surface area (Å²) in [6.45, 7) is -0.109. The van der Waals surface area contributed by atoms with Crippen LogP contribution in [0, 0.1) is 0 Å². The van der Waals surface area contributed by atoms with Gasteiger partial charge in [-0.1, -0.05) is 11.3 Å². The lowest BCUT2D eigenvalue weighted by Crippen LogP contribution is -2.37. The molecule has 0 spiro atoms. The van der Waals surface area contributed by atoms with E-state index in [1.807, 2.05) is 0 Å². The van der Waals surface area contributed by atoms with E-state index in [2.05, 4.69) is 20.5 Å². The Morgan fingerprint density at radius 2 is 2.04 bits per heavy atom. The van der Waals surface area contributed by atoms with Gasteiger partial charge >= 0.3 is 5.69 Å². The Morgan fingerprint density at radius 1 is 1.28 bits per heavy atom. The summed E-state index contributed by atoms with van der Waals surface area (Å²) in [5, 5.41) is 12.1. The van der Waals surface area contributed by atoms with E-state index in [1.54, 1.807) is 0 Å². The van der Waals surface area contributed by atoms with Gasteiger partial charge in [0.2, 0.25) is 11.0 Å². The summed E-state index contributed by atoms with van der Waals surface area (Å²) < 4.78 is 3.69. The second kappa shape index (κ2) is 5.62. The smallest absolute Gasteiger partial charge is 0.315 e. The van der Waals surface area contributed by atoms with E-state index < -0.39 is 11.2 Å². The summed E-state index contributed by atoms with van der Waals surface area (Å²) in [6, 6.07) is 0. The van der Waals surface area contributed by atoms with Gasteiger partial charge in [-0.3, -0.25) is 24.0 Å². The molecule has 1 saturated carbocycles. The zero-order chi connectivity index (χ0) is 17.7. The molecule has 4 rings (SSSR count). The number of imidazole rings is 1. The third-order valence-electron chi connectivity index (χ3n) is 4.14. The van der Waals surface area contributed by atoms with Crippen molar-refractivity contribution in [3.8, 4) is 0 Å². The molecule has 1 N–H and O–H groups in total. The molecule has 3 aromatic rings. The highest BCUT2D eigenvalue weighted by Gasteiger charge is 2.27. The zero-order valence-electron chi connectivity index (χ0n) is 13.6. The molecule has 0 atom stereocenters. The van der Waals surface area contributed by atoms with Gasteiger partial charge < -0.3 is 4.57 Å². The molecule has 1 fully saturated rings. The van der Waals surface area contributed by atoms with Crippen molar-refractivity contribution in [2.45, 2.75) is 25.3 Å². The highest BCUT2D eigenvalue weighted by molar-refractivity contribution is 7.15. The van der Waals surface area contributed by atoms with E-state index in [9.17, 15) is 14.4 Å². The molecular weight excluding hydrogens is 346 g/mol. The summed E-state index contributed by atoms with van der Waals surface area (Å²) in [5.74, 6) is 0.138. The first-order chi connectivity index (χ1) is 12.0. The van der Waals surface area contributed by atoms with Gasteiger partial charge in [-0.2, -0.15) is 0 Å². The summed E-state index contributed by atoms with van der Waals surface area (Å²) in [7, 11) is 2.92. The number of amides is 1. The maximum atomic E-state index is 12.3. The number of fused-ring (bicyclic) bond motifs is 1. The lowest BCUT2D eigenvalue weighted by atomic mass is 10.4. The minimum atomic E-state index is -0.490. The second-order valence-electron chi connectivity index (χ2n) is 6.02. The predicted molar refractivity (Wildman–Crippen MR) is 90.7 cm³/mol. The monoisotopic (exact) mass is 361 g/mol. The Morgan fingerprint density at radius 3 is 2.76 bits per heavy atom. The minimum absolute atomic E-state index is 0.109. The number of hydrogen-bond donors (Lipinski definition) is 1. The van der Waals surface area contributed by atoms with Crippen molar-refractivity contribution in [2.24, 2.45) is 14.1 Å². The van der Waals surface area contributed by atoms with E-state index in [4.69, 9.17) is 0 Å². The Hall–Kier alpha value is -2.82. The van der Waals surface area contributed by atoms with Crippen LogP contribution in [-0.4, -0.2) is 34.8 Å². The van der Waals surface area contributed by atoms with Crippen molar-refractivity contribution in [3.63, 3.8) is 0 Å². The van der Waals surface area contributed by atoms with Crippen LogP contribution in [-0.2, 0) is 25.4 Å². The van der Waals surface area contributed by atoms with Crippen molar-refractivity contribution in [1.29, 1.82) is 0 Å². The van der Waals surface area contributed by atoms with E-state index in [0.717, 1.165) is 22.4 Å². The molecule has 11 heteroatoms. The molecular formula is C14H15N7O3S. The Kier molecular flexibility index (Phi) is 3.53. The number of nitrogens with zero attached hydrogens (tertiary/aromatic N) is 6. The van der Waals surface area contributed by atoms with Gasteiger partial charge in [-0.25, -0.2) is 9.78 Å². The van der Waals surface area contributed by atoms with Gasteiger partial charge in [0, 0.05) is 20.0 Å². The number of anilines is 1. The lowest BCUT2D eigenvalue weighted by Gasteiger charge is -2.06. The van der Waals surface area contributed by atoms with E-state index in [1.165, 1.54) is 40.9 Å². The van der Waals surface area contributed by atoms with E-state index in [-0.39, 0.29) is 23.6 Å². The molecule has 0 bridgehead atoms. The van der Waals surface area contributed by atoms with E-state index >= 15 is 0 Å². The second-order valence-corrected chi connectivity index (χ2v) is 7.03. The van der Waals surface area contributed by atoms with Crippen molar-refractivity contribution in [2.75, 3.05) is 5.32 Å². The third-order valence-corrected chi connectivity index (χ3v) is 5.15. The zero-order valence-corrected chi connectivity index (χ0v) is 14.4. The number of carbonyl (C=O) groups is 1. The molecule has 0 aliphatic heterocycles. The standard InChI is InChI=1S/C14H15N7O3S/c1-19-10-9(12(23)20(2)14(19)24)21(6-15-10)5-8(22)16-13-18-17-11(25-13)7-3-4-7/h6-7H,3-5H2,1-2H3,(H,16,18,22). The molecule has 3 heterocycles. The number of hydrogen-bond acceptors (Lipinski definition) is 7. The van der Waals surface area contributed by atoms with Crippen LogP contribution in [0.25, 0.3) is 11.2 Å². The summed E-state index contributed by atoms with van der Waals surface area (Å²) in [6.07, 6.45) is 3.61. The Balaban J connectivity index is 1.60. The molecule has 0 saturated heterocycles. The molecule has 0 radical (unpaired) electrons. The van der Waals surface area contributed by atoms with E-state index in [0.29, 0.717) is 11.0 Å². The quantitative estimate of drug-likeness (QED) is 0.688. The molecule has 1 amide bonds. The maximum absolute atomic E-state index is 12.3. The summed E-state index contributed by atoms with van der Waals surface area (Å²) >= 11 is 1.37. The van der Waals surface area contributed by atoms with Crippen molar-refractivity contribution in [3.05, 3.63) is 32.2 Å². The maximum Gasteiger partial charge on any atom is 0.332 e. The SMILES string of the molecule is Cn1c(=O)c2c(ncn2CC(=O)Nc2nnc(C3CC3)s2)n(C)c1=O. The molecule has 0 aromatic carbocycles. The first kappa shape index (κ1) is 15.7. The first-order valence-corrected chi connectivity index (χ1v) is 8.51. The lowest BCUT2D eigenvalue weighted by molar-refractivity contribution is -0.116. The number of carbonyl (C=O) groups excluding carboxylic acids is 1. The van der Waals surface area contributed by atoms with Gasteiger partial charge in [0.25, 0.3) is 5.56 Å². The number of aryl methyl sites for hydroxylation is 1. The number of nitrogens with one attached hydrogen (secondary N) is 1. The fraction of sp³-hybridized carbons (Fsp3) is 0.429. The van der Waals surface area contributed by atoms with Crippen LogP contribution in [0.5, 0.6) is 0 Å². The van der Waals surface area contributed by atoms with Crippen LogP contribution < -0.4 is 16.6 Å². The first-order valence-electron chi connectivity index (χ1n) is 7.70. The minimum Gasteiger partial charge on any atom is -0.315 e. The fourth-order valence-electron chi connectivity index (χ4n) is 2.61. The molecule has 0 unspecified atom stereocenters. The fourth-order valence-corrected chi connectivity index (χ4v) is 3.54. The number of aromatic nitrogens is 6. The van der Waals surface area contributed by atoms with Crippen molar-refractivity contribution in [1.82, 2.24) is 28.9 Å². The normalized spacial score (nSPS) is 14.2. The summed E-state index contributed by atoms with van der Waals surface area (Å²) in [4.78, 5) is 40.6. The third kappa shape index (κ3) is 2.65. The van der Waals surface area contributed by atoms with Gasteiger partial charge in [-0.15, -0.1) is 10.2 Å². The van der Waals surface area contributed by atoms with Crippen LogP contribution in [0.1, 0.15) is 23.8 Å². The van der Waals surface area contributed by atoms with Crippen LogP contribution in [0.15, 0.2) is 15.9 Å². The summed E-state index contributed by atoms with van der Waals surface area (Å²) in [5.41, 5.74) is -0.507. The van der Waals surface area contributed by atoms with Crippen LogP contribution >= 0.6 is 11.3 Å². The van der Waals surface area contributed by atoms with Crippen LogP contribution in [0.2, 0.25) is 0 Å². The van der Waals surface area contributed by atoms with Gasteiger partial charge in [0.15, 0.2) is 11.2 Å². The average molecular weight is 361 g/mol. The molecule has 10 nitrogen and oxygen atoms in total. The highest BCUT2D eigenvalue weighted by Crippen LogP contribution is 2.41. The highest BCUT2D eigenvalue weighted by atomic mass is 32.1. The van der Waals surface area contributed by atoms with Crippen LogP contribution in [0.4, 0.5) is 5.13 Å². The molecule has 1 aliphatic rings. The molecule has 3 aromatic heterocycles. The van der Waals surface area contributed by atoms with Gasteiger partial charge in [-0.05, 0) is 12.8 Å². The molecule has 130 valence electrons. The Bertz CT molecular complexity index is 1100. The van der Waals surface area contributed by atoms with Gasteiger partial charge in [0.05, 0.1) is 6.33 Å². The molecule has 1 aliphatic carbocycles. The average Bonchev–Trinajstić information content (AvgIpc) is 3.20. The molecule has 25 heavy (non-hydrogen) atoms. The Labute approximate surface area is 144 Å².